The van der Waals surface area contributed by atoms with Crippen LogP contribution in [0.15, 0.2) is 24.3 Å². The lowest BCUT2D eigenvalue weighted by Gasteiger charge is -2.23. The van der Waals surface area contributed by atoms with Crippen molar-refractivity contribution in [1.29, 1.82) is 0 Å². The molecular formula is C20H26N2O5S2. The maximum atomic E-state index is 12.5. The van der Waals surface area contributed by atoms with E-state index in [2.05, 4.69) is 5.32 Å². The first kappa shape index (κ1) is 23.2. The van der Waals surface area contributed by atoms with Crippen LogP contribution in [-0.2, 0) is 9.47 Å². The number of imide groups is 1. The molecule has 0 aromatic heterocycles. The van der Waals surface area contributed by atoms with Crippen molar-refractivity contribution in [2.75, 3.05) is 19.7 Å². The van der Waals surface area contributed by atoms with E-state index in [1.54, 1.807) is 45.0 Å². The number of amides is 3. The summed E-state index contributed by atoms with van der Waals surface area (Å²) in [7, 11) is 0. The van der Waals surface area contributed by atoms with Gasteiger partial charge in [-0.15, -0.1) is 0 Å². The average molecular weight is 439 g/mol. The molecule has 3 amide bonds. The minimum absolute atomic E-state index is 0.189. The summed E-state index contributed by atoms with van der Waals surface area (Å²) in [6.45, 7) is 8.10. The van der Waals surface area contributed by atoms with Gasteiger partial charge in [-0.2, -0.15) is 0 Å². The number of thioether (sulfide) groups is 1. The number of rotatable bonds is 7. The Kier molecular flexibility index (Phi) is 8.04. The topological polar surface area (TPSA) is 84.9 Å². The molecule has 0 bridgehead atoms. The second-order valence-corrected chi connectivity index (χ2v) is 9.30. The number of nitrogens with one attached hydrogen (secondary N) is 1. The quantitative estimate of drug-likeness (QED) is 0.514. The summed E-state index contributed by atoms with van der Waals surface area (Å²) in [6, 6.07) is 6.76. The number of carbonyl (C=O) groups excluding carboxylic acids is 3. The largest absolute Gasteiger partial charge is 0.479 e. The number of alkyl carbamates (subject to hydrolysis) is 1. The van der Waals surface area contributed by atoms with Gasteiger partial charge in [-0.05, 0) is 58.5 Å². The van der Waals surface area contributed by atoms with E-state index in [0.29, 0.717) is 28.5 Å². The molecule has 7 nitrogen and oxygen atoms in total. The van der Waals surface area contributed by atoms with Gasteiger partial charge >= 0.3 is 6.09 Å². The van der Waals surface area contributed by atoms with Crippen LogP contribution in [0.4, 0.5) is 4.79 Å². The standard InChI is InChI=1S/C20H26N2O5S2/c1-5-26-19(28)29-13(12-21-18(25)27-20(2,3)4)10-11-22-16(23)14-8-6-7-9-15(14)17(22)24/h6-9,13H,5,10-12H2,1-4H3,(H,21,25). The van der Waals surface area contributed by atoms with Crippen LogP contribution in [0.3, 0.4) is 0 Å². The highest BCUT2D eigenvalue weighted by Crippen LogP contribution is 2.25. The SMILES string of the molecule is CCOC(=S)SC(CCN1C(=O)c2ccccc2C1=O)CNC(=O)OC(C)(C)C. The van der Waals surface area contributed by atoms with Crippen molar-refractivity contribution in [2.45, 2.75) is 45.0 Å². The molecule has 1 heterocycles. The Balaban J connectivity index is 1.98. The van der Waals surface area contributed by atoms with Gasteiger partial charge < -0.3 is 14.8 Å². The third-order valence-electron chi connectivity index (χ3n) is 3.95. The molecule has 158 valence electrons. The van der Waals surface area contributed by atoms with Gasteiger partial charge in [0.15, 0.2) is 0 Å². The lowest BCUT2D eigenvalue weighted by molar-refractivity contribution is 0.0523. The van der Waals surface area contributed by atoms with Crippen LogP contribution in [0.5, 0.6) is 0 Å². The molecule has 0 saturated carbocycles. The van der Waals surface area contributed by atoms with Crippen molar-refractivity contribution in [3.63, 3.8) is 0 Å². The molecule has 1 aromatic rings. The van der Waals surface area contributed by atoms with Crippen LogP contribution >= 0.6 is 24.0 Å². The Morgan fingerprint density at radius 3 is 2.31 bits per heavy atom. The molecule has 1 aromatic carbocycles. The van der Waals surface area contributed by atoms with Gasteiger partial charge in [0.05, 0.1) is 17.7 Å². The van der Waals surface area contributed by atoms with Crippen molar-refractivity contribution >= 4 is 46.3 Å². The summed E-state index contributed by atoms with van der Waals surface area (Å²) >= 11 is 6.49. The summed E-state index contributed by atoms with van der Waals surface area (Å²) in [5.41, 5.74) is 0.227. The Morgan fingerprint density at radius 2 is 1.79 bits per heavy atom. The highest BCUT2D eigenvalue weighted by Gasteiger charge is 2.35. The first-order chi connectivity index (χ1) is 13.6. The van der Waals surface area contributed by atoms with E-state index >= 15 is 0 Å². The van der Waals surface area contributed by atoms with Crippen LogP contribution in [0.1, 0.15) is 54.8 Å². The third kappa shape index (κ3) is 6.71. The van der Waals surface area contributed by atoms with E-state index in [-0.39, 0.29) is 30.2 Å². The van der Waals surface area contributed by atoms with Crippen LogP contribution in [0.25, 0.3) is 0 Å². The van der Waals surface area contributed by atoms with E-state index in [1.807, 2.05) is 6.92 Å². The first-order valence-corrected chi connectivity index (χ1v) is 10.7. The number of nitrogens with zero attached hydrogens (tertiary/aromatic N) is 1. The van der Waals surface area contributed by atoms with Crippen molar-refractivity contribution < 1.29 is 23.9 Å². The number of ether oxygens (including phenoxy) is 2. The number of fused-ring (bicyclic) bond motifs is 1. The van der Waals surface area contributed by atoms with Crippen LogP contribution < -0.4 is 5.32 Å². The predicted octanol–water partition coefficient (Wildman–Crippen LogP) is 3.62. The van der Waals surface area contributed by atoms with Gasteiger partial charge in [0.1, 0.15) is 5.60 Å². The summed E-state index contributed by atoms with van der Waals surface area (Å²) in [6.07, 6.45) is -0.0924. The fourth-order valence-electron chi connectivity index (χ4n) is 2.72. The second-order valence-electron chi connectivity index (χ2n) is 7.40. The van der Waals surface area contributed by atoms with Crippen molar-refractivity contribution in [2.24, 2.45) is 0 Å². The number of hydrogen-bond acceptors (Lipinski definition) is 7. The smallest absolute Gasteiger partial charge is 0.407 e. The van der Waals surface area contributed by atoms with Gasteiger partial charge in [-0.1, -0.05) is 23.9 Å². The fraction of sp³-hybridized carbons (Fsp3) is 0.500. The molecule has 1 atom stereocenters. The van der Waals surface area contributed by atoms with E-state index in [4.69, 9.17) is 21.7 Å². The number of thiocarbonyl (C=S) groups is 1. The lowest BCUT2D eigenvalue weighted by Crippen LogP contribution is -2.38. The summed E-state index contributed by atoms with van der Waals surface area (Å²) in [5.74, 6) is -0.608. The van der Waals surface area contributed by atoms with E-state index in [1.165, 1.54) is 16.7 Å². The Morgan fingerprint density at radius 1 is 1.21 bits per heavy atom. The van der Waals surface area contributed by atoms with Crippen molar-refractivity contribution in [3.05, 3.63) is 35.4 Å². The van der Waals surface area contributed by atoms with Crippen molar-refractivity contribution in [1.82, 2.24) is 10.2 Å². The van der Waals surface area contributed by atoms with Crippen LogP contribution in [0, 0.1) is 0 Å². The molecule has 1 aliphatic rings. The van der Waals surface area contributed by atoms with Crippen LogP contribution in [0.2, 0.25) is 0 Å². The molecule has 0 saturated heterocycles. The molecule has 0 aliphatic carbocycles. The number of hydrogen-bond donors (Lipinski definition) is 1. The number of carbonyl (C=O) groups is 3. The Labute approximate surface area is 180 Å². The lowest BCUT2D eigenvalue weighted by atomic mass is 10.1. The maximum Gasteiger partial charge on any atom is 0.407 e. The molecule has 0 spiro atoms. The summed E-state index contributed by atoms with van der Waals surface area (Å²) < 4.78 is 10.9. The molecule has 0 fully saturated rings. The predicted molar refractivity (Wildman–Crippen MR) is 116 cm³/mol. The number of benzene rings is 1. The minimum Gasteiger partial charge on any atom is -0.479 e. The summed E-state index contributed by atoms with van der Waals surface area (Å²) in [5, 5.41) is 2.53. The zero-order valence-corrected chi connectivity index (χ0v) is 18.7. The fourth-order valence-corrected chi connectivity index (χ4v) is 4.09. The van der Waals surface area contributed by atoms with E-state index in [9.17, 15) is 14.4 Å². The van der Waals surface area contributed by atoms with Gasteiger partial charge in [0.25, 0.3) is 11.8 Å². The molecule has 0 radical (unpaired) electrons. The van der Waals surface area contributed by atoms with Crippen molar-refractivity contribution in [3.8, 4) is 0 Å². The molecule has 1 aliphatic heterocycles. The molecular weight excluding hydrogens is 412 g/mol. The Bertz CT molecular complexity index is 756. The monoisotopic (exact) mass is 438 g/mol. The molecule has 1 unspecified atom stereocenters. The minimum atomic E-state index is -0.604. The Hall–Kier alpha value is -2.13. The first-order valence-electron chi connectivity index (χ1n) is 9.38. The zero-order chi connectivity index (χ0) is 21.6. The molecule has 2 rings (SSSR count). The molecule has 9 heteroatoms. The van der Waals surface area contributed by atoms with E-state index in [0.717, 1.165) is 0 Å². The normalized spacial score (nSPS) is 14.4. The highest BCUT2D eigenvalue weighted by atomic mass is 32.2. The molecule has 1 N–H and O–H groups in total. The van der Waals surface area contributed by atoms with Gasteiger partial charge in [0, 0.05) is 18.3 Å². The van der Waals surface area contributed by atoms with Gasteiger partial charge in [-0.25, -0.2) is 4.79 Å². The third-order valence-corrected chi connectivity index (χ3v) is 5.40. The maximum absolute atomic E-state index is 12.5. The highest BCUT2D eigenvalue weighted by molar-refractivity contribution is 8.23. The molecule has 29 heavy (non-hydrogen) atoms. The summed E-state index contributed by atoms with van der Waals surface area (Å²) in [4.78, 5) is 38.2. The average Bonchev–Trinajstić information content (AvgIpc) is 2.87. The van der Waals surface area contributed by atoms with Gasteiger partial charge in [0.2, 0.25) is 4.38 Å². The van der Waals surface area contributed by atoms with Gasteiger partial charge in [-0.3, -0.25) is 14.5 Å². The second kappa shape index (κ2) is 10.1. The van der Waals surface area contributed by atoms with E-state index < -0.39 is 11.7 Å². The van der Waals surface area contributed by atoms with Crippen LogP contribution in [-0.4, -0.2) is 57.7 Å². The zero-order valence-electron chi connectivity index (χ0n) is 17.0.